The van der Waals surface area contributed by atoms with Crippen LogP contribution in [-0.2, 0) is 4.79 Å². The van der Waals surface area contributed by atoms with Gasteiger partial charge in [0, 0.05) is 39.4 Å². The number of hydrogen-bond donors (Lipinski definition) is 3. The van der Waals surface area contributed by atoms with E-state index < -0.39 is 10.8 Å². The molecule has 0 atom stereocenters. The molecule has 0 fully saturated rings. The van der Waals surface area contributed by atoms with E-state index in [1.54, 1.807) is 24.3 Å². The second-order valence-electron chi connectivity index (χ2n) is 5.43. The lowest BCUT2D eigenvalue weighted by Crippen LogP contribution is -2.32. The number of aromatic amines is 1. The van der Waals surface area contributed by atoms with Gasteiger partial charge in [-0.25, -0.2) is 0 Å². The van der Waals surface area contributed by atoms with Gasteiger partial charge in [0.15, 0.2) is 0 Å². The highest BCUT2D eigenvalue weighted by Gasteiger charge is 2.16. The van der Waals surface area contributed by atoms with Crippen molar-refractivity contribution in [2.75, 3.05) is 11.9 Å². The highest BCUT2D eigenvalue weighted by Crippen LogP contribution is 2.23. The number of amides is 2. The van der Waals surface area contributed by atoms with Crippen LogP contribution in [-0.4, -0.2) is 28.3 Å². The van der Waals surface area contributed by atoms with Gasteiger partial charge in [0.05, 0.1) is 17.0 Å². The molecule has 2 aromatic carbocycles. The molecule has 0 saturated carbocycles. The molecule has 8 nitrogen and oxygen atoms in total. The molecule has 3 aromatic rings. The number of hydrogen-bond acceptors (Lipinski definition) is 4. The van der Waals surface area contributed by atoms with E-state index in [1.165, 1.54) is 24.4 Å². The fourth-order valence-corrected chi connectivity index (χ4v) is 2.67. The van der Waals surface area contributed by atoms with Gasteiger partial charge in [0.2, 0.25) is 5.91 Å². The molecule has 0 aliphatic rings. The van der Waals surface area contributed by atoms with Crippen LogP contribution in [0.2, 0.25) is 0 Å². The van der Waals surface area contributed by atoms with E-state index in [0.29, 0.717) is 16.6 Å². The van der Waals surface area contributed by atoms with Crippen molar-refractivity contribution in [1.82, 2.24) is 10.3 Å². The molecule has 26 heavy (non-hydrogen) atoms. The van der Waals surface area contributed by atoms with Gasteiger partial charge in [-0.1, -0.05) is 15.9 Å². The summed E-state index contributed by atoms with van der Waals surface area (Å²) < 4.78 is 0.886. The lowest BCUT2D eigenvalue weighted by Gasteiger charge is -2.07. The predicted molar refractivity (Wildman–Crippen MR) is 100 cm³/mol. The van der Waals surface area contributed by atoms with Gasteiger partial charge in [-0.3, -0.25) is 19.7 Å². The van der Waals surface area contributed by atoms with Crippen molar-refractivity contribution < 1.29 is 14.5 Å². The summed E-state index contributed by atoms with van der Waals surface area (Å²) in [5.41, 5.74) is 1.33. The summed E-state index contributed by atoms with van der Waals surface area (Å²) in [6, 6.07) is 11.2. The Morgan fingerprint density at radius 2 is 1.88 bits per heavy atom. The number of non-ortho nitro benzene ring substituents is 1. The van der Waals surface area contributed by atoms with Crippen LogP contribution >= 0.6 is 15.9 Å². The van der Waals surface area contributed by atoms with Crippen molar-refractivity contribution in [3.63, 3.8) is 0 Å². The first-order valence-electron chi connectivity index (χ1n) is 7.53. The van der Waals surface area contributed by atoms with Gasteiger partial charge in [-0.05, 0) is 30.3 Å². The van der Waals surface area contributed by atoms with Crippen molar-refractivity contribution in [3.05, 3.63) is 68.8 Å². The largest absolute Gasteiger partial charge is 0.360 e. The van der Waals surface area contributed by atoms with Crippen molar-refractivity contribution in [2.24, 2.45) is 0 Å². The van der Waals surface area contributed by atoms with Gasteiger partial charge in [-0.15, -0.1) is 0 Å². The number of carbonyl (C=O) groups excluding carboxylic acids is 2. The monoisotopic (exact) mass is 416 g/mol. The van der Waals surface area contributed by atoms with E-state index in [2.05, 4.69) is 31.5 Å². The summed E-state index contributed by atoms with van der Waals surface area (Å²) in [6.07, 6.45) is 1.45. The summed E-state index contributed by atoms with van der Waals surface area (Å²) in [6.45, 7) is -0.226. The van der Waals surface area contributed by atoms with Crippen molar-refractivity contribution in [2.45, 2.75) is 0 Å². The van der Waals surface area contributed by atoms with E-state index in [9.17, 15) is 19.7 Å². The number of anilines is 1. The first-order valence-corrected chi connectivity index (χ1v) is 8.32. The molecular formula is C17H13BrN4O4. The van der Waals surface area contributed by atoms with Gasteiger partial charge in [0.1, 0.15) is 0 Å². The summed E-state index contributed by atoms with van der Waals surface area (Å²) in [5, 5.41) is 16.5. The number of halogens is 1. The van der Waals surface area contributed by atoms with E-state index in [4.69, 9.17) is 0 Å². The molecule has 1 aromatic heterocycles. The number of benzene rings is 2. The van der Waals surface area contributed by atoms with E-state index in [-0.39, 0.29) is 23.7 Å². The Kier molecular flexibility index (Phi) is 4.99. The first kappa shape index (κ1) is 17.6. The van der Waals surface area contributed by atoms with Crippen LogP contribution in [0.5, 0.6) is 0 Å². The molecule has 0 radical (unpaired) electrons. The zero-order valence-electron chi connectivity index (χ0n) is 13.3. The Labute approximate surface area is 155 Å². The van der Waals surface area contributed by atoms with Gasteiger partial charge >= 0.3 is 0 Å². The third kappa shape index (κ3) is 3.89. The number of nitrogens with one attached hydrogen (secondary N) is 3. The number of nitrogens with zero attached hydrogens (tertiary/aromatic N) is 1. The molecule has 2 amide bonds. The topological polar surface area (TPSA) is 117 Å². The number of nitro groups is 1. The minimum Gasteiger partial charge on any atom is -0.360 e. The Morgan fingerprint density at radius 1 is 1.15 bits per heavy atom. The Bertz CT molecular complexity index is 998. The van der Waals surface area contributed by atoms with E-state index in [1.807, 2.05) is 0 Å². The Morgan fingerprint density at radius 3 is 2.58 bits per heavy atom. The average molecular weight is 417 g/mol. The molecule has 0 unspecified atom stereocenters. The summed E-state index contributed by atoms with van der Waals surface area (Å²) in [4.78, 5) is 37.5. The minimum atomic E-state index is -0.528. The quantitative estimate of drug-likeness (QED) is 0.437. The van der Waals surface area contributed by atoms with Crippen molar-refractivity contribution >= 4 is 50.0 Å². The minimum absolute atomic E-state index is 0.112. The molecule has 1 heterocycles. The van der Waals surface area contributed by atoms with Crippen LogP contribution < -0.4 is 10.6 Å². The van der Waals surface area contributed by atoms with Crippen LogP contribution in [0.4, 0.5) is 11.4 Å². The molecule has 132 valence electrons. The van der Waals surface area contributed by atoms with Crippen molar-refractivity contribution in [3.8, 4) is 0 Å². The van der Waals surface area contributed by atoms with Gasteiger partial charge < -0.3 is 15.6 Å². The predicted octanol–water partition coefficient (Wildman–Crippen LogP) is 3.21. The Balaban J connectivity index is 1.67. The maximum atomic E-state index is 12.3. The zero-order valence-corrected chi connectivity index (χ0v) is 14.9. The van der Waals surface area contributed by atoms with Gasteiger partial charge in [0.25, 0.3) is 11.6 Å². The molecule has 0 aliphatic carbocycles. The summed E-state index contributed by atoms with van der Waals surface area (Å²) in [5.74, 6) is -0.880. The normalized spacial score (nSPS) is 10.5. The maximum Gasteiger partial charge on any atom is 0.270 e. The molecule has 9 heteroatoms. The van der Waals surface area contributed by atoms with Crippen molar-refractivity contribution in [1.29, 1.82) is 0 Å². The highest BCUT2D eigenvalue weighted by atomic mass is 79.9. The summed E-state index contributed by atoms with van der Waals surface area (Å²) >= 11 is 3.30. The average Bonchev–Trinajstić information content (AvgIpc) is 3.05. The van der Waals surface area contributed by atoms with E-state index in [0.717, 1.165) is 4.47 Å². The second kappa shape index (κ2) is 7.36. The van der Waals surface area contributed by atoms with Gasteiger partial charge in [-0.2, -0.15) is 0 Å². The maximum absolute atomic E-state index is 12.3. The number of nitro benzene ring substituents is 1. The first-order chi connectivity index (χ1) is 12.4. The number of fused-ring (bicyclic) bond motifs is 1. The molecule has 0 saturated heterocycles. The second-order valence-corrected chi connectivity index (χ2v) is 6.34. The standard InChI is InChI=1S/C17H13BrN4O4/c18-10-1-3-11(4-2-10)21-16(23)9-20-17(24)14-8-19-15-6-5-12(22(25)26)7-13(14)15/h1-8,19H,9H2,(H,20,24)(H,21,23). The lowest BCUT2D eigenvalue weighted by molar-refractivity contribution is -0.384. The Hall–Kier alpha value is -3.20. The zero-order chi connectivity index (χ0) is 18.7. The number of H-pyrrole nitrogens is 1. The third-order valence-electron chi connectivity index (χ3n) is 3.66. The van der Waals surface area contributed by atoms with Crippen LogP contribution in [0.15, 0.2) is 53.1 Å². The lowest BCUT2D eigenvalue weighted by atomic mass is 10.1. The SMILES string of the molecule is O=C(CNC(=O)c1c[nH]c2ccc([N+](=O)[O-])cc12)Nc1ccc(Br)cc1. The van der Waals surface area contributed by atoms with E-state index >= 15 is 0 Å². The molecule has 0 spiro atoms. The van der Waals surface area contributed by atoms with Crippen LogP contribution in [0.3, 0.4) is 0 Å². The summed E-state index contributed by atoms with van der Waals surface area (Å²) in [7, 11) is 0. The smallest absolute Gasteiger partial charge is 0.270 e. The molecular weight excluding hydrogens is 404 g/mol. The molecule has 0 bridgehead atoms. The number of carbonyl (C=O) groups is 2. The van der Waals surface area contributed by atoms with Crippen LogP contribution in [0.1, 0.15) is 10.4 Å². The highest BCUT2D eigenvalue weighted by molar-refractivity contribution is 9.10. The fourth-order valence-electron chi connectivity index (χ4n) is 2.40. The van der Waals surface area contributed by atoms with Crippen LogP contribution in [0, 0.1) is 10.1 Å². The molecule has 3 rings (SSSR count). The number of rotatable bonds is 5. The fraction of sp³-hybridized carbons (Fsp3) is 0.0588. The number of aromatic nitrogens is 1. The molecule has 0 aliphatic heterocycles. The molecule has 3 N–H and O–H groups in total. The third-order valence-corrected chi connectivity index (χ3v) is 4.19. The van der Waals surface area contributed by atoms with Crippen LogP contribution in [0.25, 0.3) is 10.9 Å².